The third kappa shape index (κ3) is 6.60. The Balaban J connectivity index is 2.23. The van der Waals surface area contributed by atoms with Gasteiger partial charge in [-0.05, 0) is 18.4 Å². The summed E-state index contributed by atoms with van der Waals surface area (Å²) in [4.78, 5) is 13.6. The number of alkyl halides is 1. The van der Waals surface area contributed by atoms with E-state index in [0.29, 0.717) is 19.6 Å². The average molecular weight is 284 g/mol. The van der Waals surface area contributed by atoms with Gasteiger partial charge in [-0.3, -0.25) is 4.79 Å². The molecule has 0 radical (unpaired) electrons. The molecule has 0 aliphatic rings. The van der Waals surface area contributed by atoms with Gasteiger partial charge in [-0.2, -0.15) is 0 Å². The summed E-state index contributed by atoms with van der Waals surface area (Å²) in [5.41, 5.74) is 1.27. The standard InChI is InChI=1S/C15H22ClNO2/c1-17(11-14(16)12-19-2)15(18)10-6-9-13-7-4-3-5-8-13/h3-5,7-8,14H,6,9-12H2,1-2H3. The van der Waals surface area contributed by atoms with Crippen LogP contribution in [0.5, 0.6) is 0 Å². The van der Waals surface area contributed by atoms with Gasteiger partial charge >= 0.3 is 0 Å². The maximum atomic E-state index is 11.9. The molecular formula is C15H22ClNO2. The van der Waals surface area contributed by atoms with Crippen LogP contribution in [0.15, 0.2) is 30.3 Å². The van der Waals surface area contributed by atoms with Crippen molar-refractivity contribution >= 4 is 17.5 Å². The minimum atomic E-state index is -0.145. The number of hydrogen-bond acceptors (Lipinski definition) is 2. The Kier molecular flexibility index (Phi) is 7.53. The summed E-state index contributed by atoms with van der Waals surface area (Å²) in [5.74, 6) is 0.137. The molecule has 4 heteroatoms. The molecule has 19 heavy (non-hydrogen) atoms. The van der Waals surface area contributed by atoms with E-state index in [1.807, 2.05) is 18.2 Å². The molecule has 0 bridgehead atoms. The molecule has 1 atom stereocenters. The predicted molar refractivity (Wildman–Crippen MR) is 78.5 cm³/mol. The van der Waals surface area contributed by atoms with E-state index in [1.165, 1.54) is 5.56 Å². The number of rotatable bonds is 8. The van der Waals surface area contributed by atoms with Gasteiger partial charge in [0.05, 0.1) is 12.0 Å². The lowest BCUT2D eigenvalue weighted by molar-refractivity contribution is -0.130. The van der Waals surface area contributed by atoms with Gasteiger partial charge in [0.25, 0.3) is 0 Å². The highest BCUT2D eigenvalue weighted by atomic mass is 35.5. The zero-order chi connectivity index (χ0) is 14.1. The first-order chi connectivity index (χ1) is 9.13. The average Bonchev–Trinajstić information content (AvgIpc) is 2.40. The van der Waals surface area contributed by atoms with E-state index in [2.05, 4.69) is 12.1 Å². The van der Waals surface area contributed by atoms with Crippen LogP contribution >= 0.6 is 11.6 Å². The summed E-state index contributed by atoms with van der Waals surface area (Å²) in [6.07, 6.45) is 2.36. The smallest absolute Gasteiger partial charge is 0.222 e. The predicted octanol–water partition coefficient (Wildman–Crippen LogP) is 2.72. The van der Waals surface area contributed by atoms with Gasteiger partial charge in [0, 0.05) is 27.1 Å². The van der Waals surface area contributed by atoms with Crippen molar-refractivity contribution in [2.75, 3.05) is 27.3 Å². The van der Waals surface area contributed by atoms with Crippen molar-refractivity contribution in [3.8, 4) is 0 Å². The highest BCUT2D eigenvalue weighted by molar-refractivity contribution is 6.21. The molecule has 0 fully saturated rings. The first-order valence-corrected chi connectivity index (χ1v) is 6.98. The Morgan fingerprint density at radius 3 is 2.68 bits per heavy atom. The van der Waals surface area contributed by atoms with Crippen molar-refractivity contribution in [2.24, 2.45) is 0 Å². The summed E-state index contributed by atoms with van der Waals surface area (Å²) in [5, 5.41) is -0.145. The van der Waals surface area contributed by atoms with Crippen LogP contribution in [0, 0.1) is 0 Å². The molecule has 3 nitrogen and oxygen atoms in total. The third-order valence-corrected chi connectivity index (χ3v) is 3.21. The lowest BCUT2D eigenvalue weighted by Gasteiger charge is -2.20. The number of benzene rings is 1. The Labute approximate surface area is 120 Å². The number of halogens is 1. The first-order valence-electron chi connectivity index (χ1n) is 6.54. The largest absolute Gasteiger partial charge is 0.383 e. The molecule has 1 aromatic carbocycles. The van der Waals surface area contributed by atoms with Gasteiger partial charge in [-0.1, -0.05) is 30.3 Å². The highest BCUT2D eigenvalue weighted by Gasteiger charge is 2.13. The van der Waals surface area contributed by atoms with E-state index in [0.717, 1.165) is 12.8 Å². The topological polar surface area (TPSA) is 29.5 Å². The number of ether oxygens (including phenoxy) is 1. The second kappa shape index (κ2) is 8.94. The Morgan fingerprint density at radius 2 is 2.05 bits per heavy atom. The van der Waals surface area contributed by atoms with Crippen LogP contribution in [0.1, 0.15) is 18.4 Å². The quantitative estimate of drug-likeness (QED) is 0.687. The van der Waals surface area contributed by atoms with Gasteiger partial charge in [0.2, 0.25) is 5.91 Å². The maximum absolute atomic E-state index is 11.9. The van der Waals surface area contributed by atoms with Crippen LogP contribution < -0.4 is 0 Å². The fourth-order valence-electron chi connectivity index (χ4n) is 1.91. The molecule has 1 unspecified atom stereocenters. The fraction of sp³-hybridized carbons (Fsp3) is 0.533. The molecule has 1 rings (SSSR count). The number of amides is 1. The summed E-state index contributed by atoms with van der Waals surface area (Å²) in [7, 11) is 3.40. The summed E-state index contributed by atoms with van der Waals surface area (Å²) < 4.78 is 4.95. The van der Waals surface area contributed by atoms with E-state index >= 15 is 0 Å². The molecule has 1 amide bonds. The zero-order valence-corrected chi connectivity index (χ0v) is 12.4. The van der Waals surface area contributed by atoms with Crippen molar-refractivity contribution in [3.63, 3.8) is 0 Å². The molecular weight excluding hydrogens is 262 g/mol. The summed E-state index contributed by atoms with van der Waals surface area (Å²) in [6.45, 7) is 0.989. The number of nitrogens with zero attached hydrogens (tertiary/aromatic N) is 1. The van der Waals surface area contributed by atoms with Crippen molar-refractivity contribution in [1.29, 1.82) is 0 Å². The molecule has 0 aliphatic carbocycles. The van der Waals surface area contributed by atoms with Crippen LogP contribution in [0.4, 0.5) is 0 Å². The lowest BCUT2D eigenvalue weighted by atomic mass is 10.1. The molecule has 1 aromatic rings. The second-order valence-corrected chi connectivity index (χ2v) is 5.28. The summed E-state index contributed by atoms with van der Waals surface area (Å²) >= 11 is 6.03. The van der Waals surface area contributed by atoms with Gasteiger partial charge in [0.1, 0.15) is 0 Å². The molecule has 0 spiro atoms. The zero-order valence-electron chi connectivity index (χ0n) is 11.6. The van der Waals surface area contributed by atoms with Crippen LogP contribution in [0.2, 0.25) is 0 Å². The highest BCUT2D eigenvalue weighted by Crippen LogP contribution is 2.07. The Hall–Kier alpha value is -1.06. The number of hydrogen-bond donors (Lipinski definition) is 0. The van der Waals surface area contributed by atoms with Crippen molar-refractivity contribution in [1.82, 2.24) is 4.90 Å². The van der Waals surface area contributed by atoms with Crippen LogP contribution in [0.3, 0.4) is 0 Å². The second-order valence-electron chi connectivity index (χ2n) is 4.67. The van der Waals surface area contributed by atoms with Gasteiger partial charge in [-0.15, -0.1) is 11.6 Å². The minimum absolute atomic E-state index is 0.137. The maximum Gasteiger partial charge on any atom is 0.222 e. The molecule has 0 heterocycles. The van der Waals surface area contributed by atoms with E-state index < -0.39 is 0 Å². The molecule has 0 saturated carbocycles. The number of carbonyl (C=O) groups excluding carboxylic acids is 1. The number of carbonyl (C=O) groups is 1. The van der Waals surface area contributed by atoms with Crippen LogP contribution in [-0.2, 0) is 16.0 Å². The monoisotopic (exact) mass is 283 g/mol. The molecule has 0 N–H and O–H groups in total. The SMILES string of the molecule is COCC(Cl)CN(C)C(=O)CCCc1ccccc1. The molecule has 106 valence electrons. The van der Waals surface area contributed by atoms with E-state index in [9.17, 15) is 4.79 Å². The van der Waals surface area contributed by atoms with Crippen LogP contribution in [0.25, 0.3) is 0 Å². The lowest BCUT2D eigenvalue weighted by Crippen LogP contribution is -2.33. The van der Waals surface area contributed by atoms with Crippen molar-refractivity contribution < 1.29 is 9.53 Å². The summed E-state index contributed by atoms with van der Waals surface area (Å²) in [6, 6.07) is 10.2. The molecule has 0 saturated heterocycles. The first kappa shape index (κ1) is 16.0. The van der Waals surface area contributed by atoms with Gasteiger partial charge in [0.15, 0.2) is 0 Å². The molecule has 0 aliphatic heterocycles. The van der Waals surface area contributed by atoms with Crippen molar-refractivity contribution in [2.45, 2.75) is 24.6 Å². The Bertz CT molecular complexity index is 370. The van der Waals surface area contributed by atoms with E-state index in [-0.39, 0.29) is 11.3 Å². The number of methoxy groups -OCH3 is 1. The van der Waals surface area contributed by atoms with Gasteiger partial charge in [-0.25, -0.2) is 0 Å². The Morgan fingerprint density at radius 1 is 1.37 bits per heavy atom. The molecule has 0 aromatic heterocycles. The van der Waals surface area contributed by atoms with E-state index in [1.54, 1.807) is 19.1 Å². The fourth-order valence-corrected chi connectivity index (χ4v) is 2.24. The minimum Gasteiger partial charge on any atom is -0.383 e. The van der Waals surface area contributed by atoms with Crippen LogP contribution in [-0.4, -0.2) is 43.5 Å². The van der Waals surface area contributed by atoms with Crippen molar-refractivity contribution in [3.05, 3.63) is 35.9 Å². The third-order valence-electron chi connectivity index (χ3n) is 2.94. The number of aryl methyl sites for hydroxylation is 1. The van der Waals surface area contributed by atoms with E-state index in [4.69, 9.17) is 16.3 Å². The normalized spacial score (nSPS) is 12.2. The van der Waals surface area contributed by atoms with Gasteiger partial charge < -0.3 is 9.64 Å².